The van der Waals surface area contributed by atoms with Crippen molar-refractivity contribution < 1.29 is 10.0 Å². The van der Waals surface area contributed by atoms with Gasteiger partial charge in [-0.3, -0.25) is 0 Å². The summed E-state index contributed by atoms with van der Waals surface area (Å²) in [4.78, 5) is 0. The van der Waals surface area contributed by atoms with E-state index in [0.29, 0.717) is 11.4 Å². The molecule has 0 bridgehead atoms. The topological polar surface area (TPSA) is 40.5 Å². The highest BCUT2D eigenvalue weighted by Gasteiger charge is 2.47. The normalized spacial score (nSPS) is 16.7. The van der Waals surface area contributed by atoms with Crippen LogP contribution < -0.4 is 5.46 Å². The maximum atomic E-state index is 10.2. The molecule has 1 atom stereocenters. The SMILES string of the molecule is CC(C)Cc1cccc(C2(c3ccccc3)c3ccccc3-c3c(B(O)O)cccc32)c1. The van der Waals surface area contributed by atoms with Crippen molar-refractivity contribution in [2.75, 3.05) is 0 Å². The summed E-state index contributed by atoms with van der Waals surface area (Å²) in [6.07, 6.45) is 1.02. The van der Waals surface area contributed by atoms with Gasteiger partial charge in [0.05, 0.1) is 5.41 Å². The van der Waals surface area contributed by atoms with Crippen LogP contribution in [-0.4, -0.2) is 17.2 Å². The van der Waals surface area contributed by atoms with E-state index < -0.39 is 12.5 Å². The molecule has 0 saturated heterocycles. The van der Waals surface area contributed by atoms with Gasteiger partial charge in [-0.1, -0.05) is 111 Å². The average Bonchev–Trinajstić information content (AvgIpc) is 3.11. The first-order chi connectivity index (χ1) is 15.5. The van der Waals surface area contributed by atoms with Gasteiger partial charge in [0.15, 0.2) is 0 Å². The standard InChI is InChI=1S/C29H27BO2/c1-20(2)18-21-10-8-13-23(19-21)29(22-11-4-3-5-12-22)25-15-7-6-14-24(25)28-26(29)16-9-17-27(28)30(31)32/h3-17,19-20,31-32H,18H2,1-2H3. The van der Waals surface area contributed by atoms with Crippen molar-refractivity contribution in [3.05, 3.63) is 125 Å². The minimum atomic E-state index is -1.53. The van der Waals surface area contributed by atoms with Crippen molar-refractivity contribution in [3.8, 4) is 11.1 Å². The van der Waals surface area contributed by atoms with Crippen LogP contribution in [0, 0.1) is 5.92 Å². The van der Waals surface area contributed by atoms with Crippen LogP contribution in [0.2, 0.25) is 0 Å². The van der Waals surface area contributed by atoms with Crippen LogP contribution in [0.5, 0.6) is 0 Å². The zero-order chi connectivity index (χ0) is 22.3. The third-order valence-electron chi connectivity index (χ3n) is 6.59. The Morgan fingerprint density at radius 3 is 2.12 bits per heavy atom. The zero-order valence-corrected chi connectivity index (χ0v) is 18.5. The first-order valence-corrected chi connectivity index (χ1v) is 11.3. The molecule has 0 aliphatic heterocycles. The van der Waals surface area contributed by atoms with Crippen LogP contribution in [-0.2, 0) is 11.8 Å². The highest BCUT2D eigenvalue weighted by Crippen LogP contribution is 2.55. The minimum Gasteiger partial charge on any atom is -0.423 e. The Kier molecular flexibility index (Phi) is 5.24. The van der Waals surface area contributed by atoms with Gasteiger partial charge >= 0.3 is 7.12 Å². The van der Waals surface area contributed by atoms with Gasteiger partial charge in [0, 0.05) is 0 Å². The van der Waals surface area contributed by atoms with Gasteiger partial charge in [-0.05, 0) is 56.7 Å². The van der Waals surface area contributed by atoms with Crippen molar-refractivity contribution >= 4 is 12.6 Å². The van der Waals surface area contributed by atoms with Crippen molar-refractivity contribution in [2.45, 2.75) is 25.7 Å². The summed E-state index contributed by atoms with van der Waals surface area (Å²) in [7, 11) is -1.53. The Morgan fingerprint density at radius 1 is 0.719 bits per heavy atom. The Balaban J connectivity index is 1.91. The van der Waals surface area contributed by atoms with Gasteiger partial charge in [-0.15, -0.1) is 0 Å². The number of rotatable bonds is 5. The van der Waals surface area contributed by atoms with Gasteiger partial charge in [0.2, 0.25) is 0 Å². The molecule has 0 heterocycles. The molecule has 4 aromatic carbocycles. The van der Waals surface area contributed by atoms with Crippen molar-refractivity contribution in [2.24, 2.45) is 5.92 Å². The molecule has 0 saturated carbocycles. The molecule has 0 amide bonds. The van der Waals surface area contributed by atoms with E-state index in [0.717, 1.165) is 23.1 Å². The maximum absolute atomic E-state index is 10.2. The average molecular weight is 418 g/mol. The molecular formula is C29H27BO2. The molecule has 1 aliphatic rings. The number of fused-ring (bicyclic) bond motifs is 3. The third-order valence-corrected chi connectivity index (χ3v) is 6.59. The summed E-state index contributed by atoms with van der Waals surface area (Å²) in [6.45, 7) is 4.49. The second kappa shape index (κ2) is 8.09. The molecule has 0 aromatic heterocycles. The third kappa shape index (κ3) is 3.12. The summed E-state index contributed by atoms with van der Waals surface area (Å²) in [5, 5.41) is 20.4. The fourth-order valence-corrected chi connectivity index (χ4v) is 5.45. The maximum Gasteiger partial charge on any atom is 0.489 e. The largest absolute Gasteiger partial charge is 0.489 e. The highest BCUT2D eigenvalue weighted by atomic mass is 16.4. The fraction of sp³-hybridized carbons (Fsp3) is 0.172. The predicted octanol–water partition coefficient (Wildman–Crippen LogP) is 4.93. The predicted molar refractivity (Wildman–Crippen MR) is 132 cm³/mol. The second-order valence-electron chi connectivity index (χ2n) is 9.10. The van der Waals surface area contributed by atoms with Crippen LogP contribution in [0.1, 0.15) is 41.7 Å². The monoisotopic (exact) mass is 418 g/mol. The van der Waals surface area contributed by atoms with Gasteiger partial charge in [0.1, 0.15) is 0 Å². The molecule has 1 aliphatic carbocycles. The van der Waals surface area contributed by atoms with Gasteiger partial charge in [0.25, 0.3) is 0 Å². The zero-order valence-electron chi connectivity index (χ0n) is 18.5. The summed E-state index contributed by atoms with van der Waals surface area (Å²) in [5.74, 6) is 0.567. The Bertz CT molecular complexity index is 1260. The molecule has 5 rings (SSSR count). The van der Waals surface area contributed by atoms with E-state index in [1.807, 2.05) is 24.3 Å². The number of hydrogen-bond acceptors (Lipinski definition) is 2. The van der Waals surface area contributed by atoms with Crippen LogP contribution in [0.15, 0.2) is 97.1 Å². The second-order valence-corrected chi connectivity index (χ2v) is 9.10. The summed E-state index contributed by atoms with van der Waals surface area (Å²) in [5.41, 5.74) is 7.98. The van der Waals surface area contributed by atoms with E-state index in [-0.39, 0.29) is 0 Å². The molecule has 0 fully saturated rings. The van der Waals surface area contributed by atoms with Crippen molar-refractivity contribution in [1.82, 2.24) is 0 Å². The number of benzene rings is 4. The Labute approximate surface area is 190 Å². The lowest BCUT2D eigenvalue weighted by atomic mass is 9.66. The molecule has 3 heteroatoms. The van der Waals surface area contributed by atoms with E-state index in [1.54, 1.807) is 0 Å². The molecule has 0 spiro atoms. The van der Waals surface area contributed by atoms with Crippen LogP contribution in [0.4, 0.5) is 0 Å². The van der Waals surface area contributed by atoms with Crippen LogP contribution in [0.3, 0.4) is 0 Å². The van der Waals surface area contributed by atoms with E-state index >= 15 is 0 Å². The lowest BCUT2D eigenvalue weighted by molar-refractivity contribution is 0.426. The van der Waals surface area contributed by atoms with Crippen LogP contribution >= 0.6 is 0 Å². The van der Waals surface area contributed by atoms with Crippen molar-refractivity contribution in [1.29, 1.82) is 0 Å². The van der Waals surface area contributed by atoms with Gasteiger partial charge in [-0.2, -0.15) is 0 Å². The fourth-order valence-electron chi connectivity index (χ4n) is 5.45. The van der Waals surface area contributed by atoms with E-state index in [1.165, 1.54) is 22.3 Å². The van der Waals surface area contributed by atoms with Gasteiger partial charge < -0.3 is 10.0 Å². The molecule has 4 aromatic rings. The molecule has 158 valence electrons. The van der Waals surface area contributed by atoms with Gasteiger partial charge in [-0.25, -0.2) is 0 Å². The van der Waals surface area contributed by atoms with E-state index in [2.05, 4.69) is 86.6 Å². The minimum absolute atomic E-state index is 0.523. The smallest absolute Gasteiger partial charge is 0.423 e. The molecule has 2 N–H and O–H groups in total. The van der Waals surface area contributed by atoms with E-state index in [9.17, 15) is 10.0 Å². The summed E-state index contributed by atoms with van der Waals surface area (Å²) >= 11 is 0. The van der Waals surface area contributed by atoms with E-state index in [4.69, 9.17) is 0 Å². The summed E-state index contributed by atoms with van der Waals surface area (Å²) in [6, 6.07) is 33.8. The summed E-state index contributed by atoms with van der Waals surface area (Å²) < 4.78 is 0. The highest BCUT2D eigenvalue weighted by molar-refractivity contribution is 6.60. The quantitative estimate of drug-likeness (QED) is 0.398. The molecule has 2 nitrogen and oxygen atoms in total. The molecular weight excluding hydrogens is 391 g/mol. The first kappa shape index (κ1) is 20.8. The first-order valence-electron chi connectivity index (χ1n) is 11.3. The Morgan fingerprint density at radius 2 is 1.38 bits per heavy atom. The Hall–Kier alpha value is -3.14. The number of hydrogen-bond donors (Lipinski definition) is 2. The van der Waals surface area contributed by atoms with Crippen molar-refractivity contribution in [3.63, 3.8) is 0 Å². The lowest BCUT2D eigenvalue weighted by Gasteiger charge is -2.34. The lowest BCUT2D eigenvalue weighted by Crippen LogP contribution is -2.33. The van der Waals surface area contributed by atoms with Crippen LogP contribution in [0.25, 0.3) is 11.1 Å². The molecule has 32 heavy (non-hydrogen) atoms. The molecule has 0 radical (unpaired) electrons. The molecule has 1 unspecified atom stereocenters.